The van der Waals surface area contributed by atoms with Crippen LogP contribution in [0.4, 0.5) is 0 Å². The SMILES string of the molecule is C=C(C)CNS(=O)(=O)CCC. The second kappa shape index (κ2) is 4.51. The Hall–Kier alpha value is -0.350. The average Bonchev–Trinajstić information content (AvgIpc) is 1.84. The third kappa shape index (κ3) is 6.06. The number of nitrogens with one attached hydrogen (secondary N) is 1. The van der Waals surface area contributed by atoms with Gasteiger partial charge in [0.25, 0.3) is 0 Å². The first-order valence-electron chi connectivity index (χ1n) is 3.59. The van der Waals surface area contributed by atoms with Gasteiger partial charge < -0.3 is 0 Å². The molecule has 0 aromatic rings. The van der Waals surface area contributed by atoms with Crippen molar-refractivity contribution in [1.82, 2.24) is 4.72 Å². The first-order valence-corrected chi connectivity index (χ1v) is 5.25. The van der Waals surface area contributed by atoms with E-state index in [1.165, 1.54) is 0 Å². The number of sulfonamides is 1. The highest BCUT2D eigenvalue weighted by Crippen LogP contribution is 1.90. The quantitative estimate of drug-likeness (QED) is 0.634. The molecule has 1 N–H and O–H groups in total. The lowest BCUT2D eigenvalue weighted by Gasteiger charge is -2.03. The summed E-state index contributed by atoms with van der Waals surface area (Å²) in [6.07, 6.45) is 0.644. The van der Waals surface area contributed by atoms with Gasteiger partial charge in [-0.2, -0.15) is 0 Å². The maximum atomic E-state index is 11.0. The lowest BCUT2D eigenvalue weighted by molar-refractivity contribution is 0.583. The summed E-state index contributed by atoms with van der Waals surface area (Å²) < 4.78 is 24.4. The van der Waals surface area contributed by atoms with Gasteiger partial charge in [-0.05, 0) is 13.3 Å². The Labute approximate surface area is 68.5 Å². The second-order valence-corrected chi connectivity index (χ2v) is 4.52. The van der Waals surface area contributed by atoms with Crippen LogP contribution < -0.4 is 4.72 Å². The van der Waals surface area contributed by atoms with Crippen molar-refractivity contribution in [3.63, 3.8) is 0 Å². The van der Waals surface area contributed by atoms with Crippen LogP contribution >= 0.6 is 0 Å². The lowest BCUT2D eigenvalue weighted by atomic mass is 10.4. The van der Waals surface area contributed by atoms with Gasteiger partial charge in [-0.25, -0.2) is 13.1 Å². The number of hydrogen-bond acceptors (Lipinski definition) is 2. The Morgan fingerprint density at radius 3 is 2.45 bits per heavy atom. The van der Waals surface area contributed by atoms with E-state index in [9.17, 15) is 8.42 Å². The molecule has 0 atom stereocenters. The molecule has 0 aromatic heterocycles. The topological polar surface area (TPSA) is 46.2 Å². The Morgan fingerprint density at radius 1 is 1.55 bits per heavy atom. The van der Waals surface area contributed by atoms with Crippen LogP contribution in [0, 0.1) is 0 Å². The molecule has 0 bridgehead atoms. The van der Waals surface area contributed by atoms with E-state index in [-0.39, 0.29) is 5.75 Å². The fourth-order valence-corrected chi connectivity index (χ4v) is 1.72. The van der Waals surface area contributed by atoms with Crippen LogP contribution in [0.25, 0.3) is 0 Å². The van der Waals surface area contributed by atoms with Gasteiger partial charge in [-0.3, -0.25) is 0 Å². The van der Waals surface area contributed by atoms with Gasteiger partial charge in [0.2, 0.25) is 10.0 Å². The normalized spacial score (nSPS) is 11.5. The van der Waals surface area contributed by atoms with E-state index >= 15 is 0 Å². The zero-order chi connectivity index (χ0) is 8.91. The van der Waals surface area contributed by atoms with Crippen molar-refractivity contribution in [1.29, 1.82) is 0 Å². The Balaban J connectivity index is 3.84. The highest BCUT2D eigenvalue weighted by molar-refractivity contribution is 7.89. The molecule has 4 heteroatoms. The van der Waals surface area contributed by atoms with Crippen molar-refractivity contribution in [3.05, 3.63) is 12.2 Å². The third-order valence-electron chi connectivity index (χ3n) is 1.07. The highest BCUT2D eigenvalue weighted by atomic mass is 32.2. The lowest BCUT2D eigenvalue weighted by Crippen LogP contribution is -2.27. The molecular weight excluding hydrogens is 162 g/mol. The minimum Gasteiger partial charge on any atom is -0.212 e. The van der Waals surface area contributed by atoms with E-state index in [0.717, 1.165) is 5.57 Å². The fourth-order valence-electron chi connectivity index (χ4n) is 0.574. The van der Waals surface area contributed by atoms with Gasteiger partial charge in [-0.15, -0.1) is 0 Å². The van der Waals surface area contributed by atoms with Crippen molar-refractivity contribution in [3.8, 4) is 0 Å². The van der Waals surface area contributed by atoms with Crippen molar-refractivity contribution in [2.24, 2.45) is 0 Å². The highest BCUT2D eigenvalue weighted by Gasteiger charge is 2.06. The summed E-state index contributed by atoms with van der Waals surface area (Å²) in [5.41, 5.74) is 0.824. The summed E-state index contributed by atoms with van der Waals surface area (Å²) in [5.74, 6) is 0.195. The Morgan fingerprint density at radius 2 is 2.09 bits per heavy atom. The molecule has 0 spiro atoms. The monoisotopic (exact) mass is 177 g/mol. The van der Waals surface area contributed by atoms with E-state index in [0.29, 0.717) is 13.0 Å². The van der Waals surface area contributed by atoms with E-state index in [2.05, 4.69) is 11.3 Å². The predicted molar refractivity (Wildman–Crippen MR) is 46.9 cm³/mol. The molecule has 0 unspecified atom stereocenters. The molecule has 0 aliphatic rings. The molecule has 0 aromatic carbocycles. The van der Waals surface area contributed by atoms with Crippen molar-refractivity contribution < 1.29 is 8.42 Å². The van der Waals surface area contributed by atoms with Gasteiger partial charge in [0.1, 0.15) is 0 Å². The number of rotatable bonds is 5. The fraction of sp³-hybridized carbons (Fsp3) is 0.714. The molecule has 3 nitrogen and oxygen atoms in total. The summed E-state index contributed by atoms with van der Waals surface area (Å²) in [5, 5.41) is 0. The predicted octanol–water partition coefficient (Wildman–Crippen LogP) is 0.892. The Bertz CT molecular complexity index is 219. The van der Waals surface area contributed by atoms with Gasteiger partial charge in [-0.1, -0.05) is 19.1 Å². The molecule has 66 valence electrons. The van der Waals surface area contributed by atoms with Gasteiger partial charge in [0, 0.05) is 6.54 Å². The van der Waals surface area contributed by atoms with Crippen LogP contribution in [0.1, 0.15) is 20.3 Å². The van der Waals surface area contributed by atoms with Crippen LogP contribution in [-0.4, -0.2) is 20.7 Å². The zero-order valence-corrected chi connectivity index (χ0v) is 7.87. The molecule has 0 rings (SSSR count). The molecule has 0 radical (unpaired) electrons. The van der Waals surface area contributed by atoms with Crippen LogP contribution in [0.3, 0.4) is 0 Å². The van der Waals surface area contributed by atoms with Crippen LogP contribution in [0.15, 0.2) is 12.2 Å². The van der Waals surface area contributed by atoms with Gasteiger partial charge in [0.15, 0.2) is 0 Å². The summed E-state index contributed by atoms with van der Waals surface area (Å²) in [4.78, 5) is 0. The van der Waals surface area contributed by atoms with Crippen LogP contribution in [0.5, 0.6) is 0 Å². The van der Waals surface area contributed by atoms with Gasteiger partial charge in [0.05, 0.1) is 5.75 Å². The summed E-state index contributed by atoms with van der Waals surface area (Å²) in [6.45, 7) is 7.56. The molecule has 0 amide bonds. The van der Waals surface area contributed by atoms with Gasteiger partial charge >= 0.3 is 0 Å². The second-order valence-electron chi connectivity index (χ2n) is 2.60. The van der Waals surface area contributed by atoms with Crippen LogP contribution in [-0.2, 0) is 10.0 Å². The van der Waals surface area contributed by atoms with E-state index in [1.807, 2.05) is 6.92 Å². The first-order chi connectivity index (χ1) is 4.98. The summed E-state index contributed by atoms with van der Waals surface area (Å²) in [7, 11) is -3.04. The minimum atomic E-state index is -3.04. The smallest absolute Gasteiger partial charge is 0.211 e. The molecule has 0 aliphatic heterocycles. The molecule has 0 saturated carbocycles. The molecule has 0 fully saturated rings. The molecule has 0 aliphatic carbocycles. The molecule has 0 saturated heterocycles. The zero-order valence-electron chi connectivity index (χ0n) is 7.05. The van der Waals surface area contributed by atoms with Crippen molar-refractivity contribution in [2.45, 2.75) is 20.3 Å². The van der Waals surface area contributed by atoms with Crippen molar-refractivity contribution >= 4 is 10.0 Å². The average molecular weight is 177 g/mol. The molecule has 0 heterocycles. The van der Waals surface area contributed by atoms with E-state index < -0.39 is 10.0 Å². The van der Waals surface area contributed by atoms with E-state index in [1.54, 1.807) is 6.92 Å². The van der Waals surface area contributed by atoms with E-state index in [4.69, 9.17) is 0 Å². The summed E-state index contributed by atoms with van der Waals surface area (Å²) >= 11 is 0. The molecule has 11 heavy (non-hydrogen) atoms. The first kappa shape index (κ1) is 10.7. The Kier molecular flexibility index (Phi) is 4.37. The third-order valence-corrected chi connectivity index (χ3v) is 2.60. The maximum absolute atomic E-state index is 11.0. The minimum absolute atomic E-state index is 0.195. The number of hydrogen-bond donors (Lipinski definition) is 1. The standard InChI is InChI=1S/C7H15NO2S/c1-4-5-11(9,10)8-6-7(2)3/h8H,2,4-6H2,1,3H3. The molecular formula is C7H15NO2S. The van der Waals surface area contributed by atoms with Crippen molar-refractivity contribution in [2.75, 3.05) is 12.3 Å². The maximum Gasteiger partial charge on any atom is 0.211 e. The van der Waals surface area contributed by atoms with Crippen LogP contribution in [0.2, 0.25) is 0 Å². The summed E-state index contributed by atoms with van der Waals surface area (Å²) in [6, 6.07) is 0. The largest absolute Gasteiger partial charge is 0.212 e.